The lowest BCUT2D eigenvalue weighted by Crippen LogP contribution is -2.54. The van der Waals surface area contributed by atoms with Crippen molar-refractivity contribution in [1.29, 1.82) is 0 Å². The number of phenolic OH excluding ortho intramolecular Hbond substituents is 2. The first-order valence-corrected chi connectivity index (χ1v) is 14.1. The molecule has 9 nitrogen and oxygen atoms in total. The van der Waals surface area contributed by atoms with Crippen LogP contribution < -0.4 is 10.6 Å². The average Bonchev–Trinajstić information content (AvgIpc) is 3.71. The molecule has 2 aromatic rings. The second kappa shape index (κ2) is 13.5. The molecule has 1 saturated carbocycles. The highest BCUT2D eigenvalue weighted by molar-refractivity contribution is 5.93. The van der Waals surface area contributed by atoms with Crippen molar-refractivity contribution in [2.24, 2.45) is 0 Å². The molecule has 9 heteroatoms. The summed E-state index contributed by atoms with van der Waals surface area (Å²) < 4.78 is 5.45. The van der Waals surface area contributed by atoms with Gasteiger partial charge in [-0.1, -0.05) is 50.1 Å². The van der Waals surface area contributed by atoms with E-state index in [9.17, 15) is 24.6 Å². The Labute approximate surface area is 236 Å². The molecule has 3 amide bonds. The van der Waals surface area contributed by atoms with Crippen molar-refractivity contribution in [3.8, 4) is 11.5 Å². The van der Waals surface area contributed by atoms with Gasteiger partial charge in [0.1, 0.15) is 29.2 Å². The number of ether oxygens (including phenoxy) is 1. The molecule has 2 unspecified atom stereocenters. The minimum atomic E-state index is -1.08. The predicted molar refractivity (Wildman–Crippen MR) is 153 cm³/mol. The summed E-state index contributed by atoms with van der Waals surface area (Å²) >= 11 is 0. The maximum Gasteiger partial charge on any atom is 0.408 e. The second-order valence-electron chi connectivity index (χ2n) is 11.5. The first kappa shape index (κ1) is 30.8. The number of phenols is 2. The van der Waals surface area contributed by atoms with Crippen molar-refractivity contribution in [3.63, 3.8) is 0 Å². The van der Waals surface area contributed by atoms with E-state index in [0.29, 0.717) is 36.1 Å². The number of aromatic hydroxyl groups is 2. The minimum Gasteiger partial charge on any atom is -0.508 e. The first-order valence-electron chi connectivity index (χ1n) is 14.1. The summed E-state index contributed by atoms with van der Waals surface area (Å²) in [6.45, 7) is 9.48. The van der Waals surface area contributed by atoms with Crippen LogP contribution in [0.3, 0.4) is 0 Å². The van der Waals surface area contributed by atoms with Crippen LogP contribution in [0.1, 0.15) is 82.5 Å². The number of unbranched alkanes of at least 4 members (excludes halogenated alkanes) is 2. The number of hydrogen-bond donors (Lipinski definition) is 4. The van der Waals surface area contributed by atoms with Gasteiger partial charge in [0.25, 0.3) is 0 Å². The molecular weight excluding hydrogens is 510 g/mol. The zero-order valence-electron chi connectivity index (χ0n) is 24.2. The van der Waals surface area contributed by atoms with E-state index in [1.807, 2.05) is 0 Å². The number of nitrogens with zero attached hydrogens (tertiary/aromatic N) is 1. The largest absolute Gasteiger partial charge is 0.508 e. The van der Waals surface area contributed by atoms with Gasteiger partial charge in [-0.05, 0) is 70.2 Å². The number of benzene rings is 2. The molecule has 0 heterocycles. The Morgan fingerprint density at radius 3 is 2.33 bits per heavy atom. The van der Waals surface area contributed by atoms with E-state index in [1.165, 1.54) is 17.0 Å². The lowest BCUT2D eigenvalue weighted by molar-refractivity contribution is -0.143. The summed E-state index contributed by atoms with van der Waals surface area (Å²) in [7, 11) is 0. The smallest absolute Gasteiger partial charge is 0.408 e. The van der Waals surface area contributed by atoms with Crippen LogP contribution in [0, 0.1) is 6.92 Å². The summed E-state index contributed by atoms with van der Waals surface area (Å²) in [4.78, 5) is 42.4. The maximum absolute atomic E-state index is 14.3. The summed E-state index contributed by atoms with van der Waals surface area (Å²) in [5, 5.41) is 26.4. The van der Waals surface area contributed by atoms with Crippen molar-refractivity contribution in [2.75, 3.05) is 6.54 Å². The highest BCUT2D eigenvalue weighted by atomic mass is 16.6. The van der Waals surface area contributed by atoms with Gasteiger partial charge in [0.05, 0.1) is 0 Å². The number of carbonyl (C=O) groups excluding carboxylic acids is 3. The molecule has 0 aromatic heterocycles. The standard InChI is InChI=1S/C31H43N3O6/c1-6-7-8-18-32-28(37)26(24-11-9-10-20(2)27(24)36)34(22-14-15-22)29(38)25(33-30(39)40-31(3,4)5)19-21-12-16-23(35)17-13-21/h9-13,16-17,22,25-26,35-36H,6-8,14-15,18-19H2,1-5H3,(H,32,37)(H,33,39). The van der Waals surface area contributed by atoms with E-state index < -0.39 is 29.7 Å². The first-order chi connectivity index (χ1) is 18.9. The van der Waals surface area contributed by atoms with Gasteiger partial charge in [0.15, 0.2) is 0 Å². The number of alkyl carbamates (subject to hydrolysis) is 1. The Bertz CT molecular complexity index is 1170. The van der Waals surface area contributed by atoms with Gasteiger partial charge in [0, 0.05) is 24.6 Å². The SMILES string of the molecule is CCCCCNC(=O)C(c1cccc(C)c1O)N(C(=O)C(Cc1ccc(O)cc1)NC(=O)OC(C)(C)C)C1CC1. The van der Waals surface area contributed by atoms with Gasteiger partial charge in [-0.25, -0.2) is 4.79 Å². The normalized spacial score (nSPS) is 14.6. The Balaban J connectivity index is 2.00. The highest BCUT2D eigenvalue weighted by Gasteiger charge is 2.45. The fraction of sp³-hybridized carbons (Fsp3) is 0.516. The lowest BCUT2D eigenvalue weighted by Gasteiger charge is -2.35. The molecule has 40 heavy (non-hydrogen) atoms. The van der Waals surface area contributed by atoms with E-state index in [4.69, 9.17) is 4.74 Å². The monoisotopic (exact) mass is 553 g/mol. The van der Waals surface area contributed by atoms with Crippen LogP contribution in [-0.2, 0) is 20.7 Å². The molecule has 4 N–H and O–H groups in total. The quantitative estimate of drug-likeness (QED) is 0.277. The molecule has 2 aromatic carbocycles. The Hall–Kier alpha value is -3.75. The summed E-state index contributed by atoms with van der Waals surface area (Å²) in [5.74, 6) is -0.778. The Kier molecular flexibility index (Phi) is 10.4. The van der Waals surface area contributed by atoms with Crippen LogP contribution in [0.15, 0.2) is 42.5 Å². The van der Waals surface area contributed by atoms with Gasteiger partial charge < -0.3 is 30.5 Å². The maximum atomic E-state index is 14.3. The van der Waals surface area contributed by atoms with Gasteiger partial charge in [-0.15, -0.1) is 0 Å². The minimum absolute atomic E-state index is 0.0372. The number of hydrogen-bond acceptors (Lipinski definition) is 6. The van der Waals surface area contributed by atoms with Crippen LogP contribution in [0.4, 0.5) is 4.79 Å². The lowest BCUT2D eigenvalue weighted by atomic mass is 9.97. The van der Waals surface area contributed by atoms with Gasteiger partial charge in [-0.2, -0.15) is 0 Å². The molecule has 2 atom stereocenters. The van der Waals surface area contributed by atoms with Gasteiger partial charge in [-0.3, -0.25) is 9.59 Å². The fourth-order valence-electron chi connectivity index (χ4n) is 4.57. The van der Waals surface area contributed by atoms with E-state index in [1.54, 1.807) is 58.0 Å². The fourth-order valence-corrected chi connectivity index (χ4v) is 4.57. The van der Waals surface area contributed by atoms with E-state index >= 15 is 0 Å². The van der Waals surface area contributed by atoms with Crippen LogP contribution in [0.2, 0.25) is 0 Å². The molecule has 0 radical (unpaired) electrons. The van der Waals surface area contributed by atoms with Crippen molar-refractivity contribution < 1.29 is 29.3 Å². The van der Waals surface area contributed by atoms with E-state index in [2.05, 4.69) is 17.6 Å². The molecule has 1 fully saturated rings. The number of para-hydroxylation sites is 1. The van der Waals surface area contributed by atoms with Crippen LogP contribution in [0.25, 0.3) is 0 Å². The number of carbonyl (C=O) groups is 3. The van der Waals surface area contributed by atoms with Crippen molar-refractivity contribution in [1.82, 2.24) is 15.5 Å². The number of nitrogens with one attached hydrogen (secondary N) is 2. The van der Waals surface area contributed by atoms with Crippen LogP contribution in [-0.4, -0.2) is 57.3 Å². The number of amides is 3. The molecule has 0 saturated heterocycles. The zero-order chi connectivity index (χ0) is 29.4. The summed E-state index contributed by atoms with van der Waals surface area (Å²) in [6.07, 6.45) is 3.54. The molecular formula is C31H43N3O6. The molecule has 218 valence electrons. The highest BCUT2D eigenvalue weighted by Crippen LogP contribution is 2.39. The van der Waals surface area contributed by atoms with Gasteiger partial charge >= 0.3 is 6.09 Å². The van der Waals surface area contributed by atoms with E-state index in [-0.39, 0.29) is 29.9 Å². The third-order valence-corrected chi connectivity index (χ3v) is 6.73. The Morgan fingerprint density at radius 1 is 1.05 bits per heavy atom. The zero-order valence-corrected chi connectivity index (χ0v) is 24.2. The number of aryl methyl sites for hydroxylation is 1. The van der Waals surface area contributed by atoms with Crippen molar-refractivity contribution >= 4 is 17.9 Å². The molecule has 1 aliphatic carbocycles. The van der Waals surface area contributed by atoms with Gasteiger partial charge in [0.2, 0.25) is 11.8 Å². The molecule has 0 aliphatic heterocycles. The molecule has 1 aliphatic rings. The van der Waals surface area contributed by atoms with Crippen LogP contribution >= 0.6 is 0 Å². The number of rotatable bonds is 12. The third kappa shape index (κ3) is 8.63. The molecule has 0 bridgehead atoms. The van der Waals surface area contributed by atoms with Crippen LogP contribution in [0.5, 0.6) is 11.5 Å². The van der Waals surface area contributed by atoms with Crippen molar-refractivity contribution in [3.05, 3.63) is 59.2 Å². The summed E-state index contributed by atoms with van der Waals surface area (Å²) in [6, 6.07) is 9.20. The van der Waals surface area contributed by atoms with Crippen molar-refractivity contribution in [2.45, 2.75) is 96.9 Å². The Morgan fingerprint density at radius 2 is 1.73 bits per heavy atom. The predicted octanol–water partition coefficient (Wildman–Crippen LogP) is 4.88. The average molecular weight is 554 g/mol. The third-order valence-electron chi connectivity index (χ3n) is 6.73. The molecule has 3 rings (SSSR count). The second-order valence-corrected chi connectivity index (χ2v) is 11.5. The summed E-state index contributed by atoms with van der Waals surface area (Å²) in [5.41, 5.74) is 0.869. The molecule has 0 spiro atoms. The van der Waals surface area contributed by atoms with E-state index in [0.717, 1.165) is 19.3 Å². The topological polar surface area (TPSA) is 128 Å².